The Labute approximate surface area is 135 Å². The van der Waals surface area contributed by atoms with Gasteiger partial charge < -0.3 is 5.11 Å². The highest BCUT2D eigenvalue weighted by Gasteiger charge is 2.17. The van der Waals surface area contributed by atoms with Crippen molar-refractivity contribution in [3.63, 3.8) is 0 Å². The Hall–Kier alpha value is -1.57. The predicted molar refractivity (Wildman–Crippen MR) is 93.9 cm³/mol. The van der Waals surface area contributed by atoms with Gasteiger partial charge in [0.2, 0.25) is 0 Å². The van der Waals surface area contributed by atoms with Crippen LogP contribution in [0.4, 0.5) is 0 Å². The normalized spacial score (nSPS) is 22.0. The average molecular weight is 302 g/mol. The molecule has 1 atom stereocenters. The highest BCUT2D eigenvalue weighted by molar-refractivity contribution is 5.86. The molecule has 0 saturated carbocycles. The minimum Gasteiger partial charge on any atom is -0.478 e. The first-order valence-electron chi connectivity index (χ1n) is 8.29. The van der Waals surface area contributed by atoms with Crippen molar-refractivity contribution in [1.29, 1.82) is 0 Å². The van der Waals surface area contributed by atoms with Crippen LogP contribution in [0.25, 0.3) is 0 Å². The molecule has 1 unspecified atom stereocenters. The standard InChI is InChI=1S/C20H30O2/c1-15-7-5-9-16(2)11-13-19(18(4)20(21)22)14-12-17(3)10-6-8-15/h7,10-11,19H,4-6,8-9,12-14H2,1-3H3,(H,21,22). The molecule has 0 aliphatic heterocycles. The summed E-state index contributed by atoms with van der Waals surface area (Å²) in [6.07, 6.45) is 13.8. The molecule has 0 bridgehead atoms. The number of hydrogen-bond acceptors (Lipinski definition) is 1. The van der Waals surface area contributed by atoms with Crippen LogP contribution in [0.15, 0.2) is 47.1 Å². The van der Waals surface area contributed by atoms with E-state index in [4.69, 9.17) is 0 Å². The van der Waals surface area contributed by atoms with Crippen molar-refractivity contribution in [2.75, 3.05) is 0 Å². The van der Waals surface area contributed by atoms with Gasteiger partial charge in [-0.15, -0.1) is 0 Å². The van der Waals surface area contributed by atoms with E-state index in [1.54, 1.807) is 0 Å². The molecule has 0 spiro atoms. The van der Waals surface area contributed by atoms with Crippen molar-refractivity contribution in [1.82, 2.24) is 0 Å². The van der Waals surface area contributed by atoms with Gasteiger partial charge in [-0.3, -0.25) is 0 Å². The zero-order valence-electron chi connectivity index (χ0n) is 14.3. The zero-order valence-corrected chi connectivity index (χ0v) is 14.3. The Morgan fingerprint density at radius 3 is 2.05 bits per heavy atom. The van der Waals surface area contributed by atoms with Crippen molar-refractivity contribution in [3.05, 3.63) is 47.1 Å². The Balaban J connectivity index is 2.87. The highest BCUT2D eigenvalue weighted by Crippen LogP contribution is 2.25. The molecule has 122 valence electrons. The van der Waals surface area contributed by atoms with Crippen LogP contribution in [-0.2, 0) is 4.79 Å². The number of carboxylic acids is 1. The van der Waals surface area contributed by atoms with Crippen molar-refractivity contribution < 1.29 is 9.90 Å². The zero-order chi connectivity index (χ0) is 16.5. The molecule has 0 aromatic rings. The van der Waals surface area contributed by atoms with Crippen LogP contribution in [0.1, 0.15) is 65.7 Å². The van der Waals surface area contributed by atoms with Gasteiger partial charge in [0.1, 0.15) is 0 Å². The van der Waals surface area contributed by atoms with Crippen molar-refractivity contribution >= 4 is 5.97 Å². The minimum absolute atomic E-state index is 0.0380. The summed E-state index contributed by atoms with van der Waals surface area (Å²) in [6, 6.07) is 0. The number of aliphatic carboxylic acids is 1. The van der Waals surface area contributed by atoms with Crippen LogP contribution < -0.4 is 0 Å². The van der Waals surface area contributed by atoms with E-state index in [9.17, 15) is 9.90 Å². The number of hydrogen-bond donors (Lipinski definition) is 1. The number of allylic oxidation sites excluding steroid dienone is 6. The number of carboxylic acid groups (broad SMARTS) is 1. The predicted octanol–water partition coefficient (Wildman–Crippen LogP) is 5.83. The summed E-state index contributed by atoms with van der Waals surface area (Å²) in [4.78, 5) is 11.2. The summed E-state index contributed by atoms with van der Waals surface area (Å²) in [7, 11) is 0. The molecular weight excluding hydrogens is 272 g/mol. The third kappa shape index (κ3) is 6.93. The molecule has 2 heteroatoms. The maximum atomic E-state index is 11.2. The van der Waals surface area contributed by atoms with Crippen molar-refractivity contribution in [2.45, 2.75) is 65.7 Å². The van der Waals surface area contributed by atoms with Gasteiger partial charge >= 0.3 is 5.97 Å². The van der Waals surface area contributed by atoms with Crippen molar-refractivity contribution in [2.24, 2.45) is 5.92 Å². The van der Waals surface area contributed by atoms with Crippen LogP contribution in [0.2, 0.25) is 0 Å². The Kier molecular flexibility index (Phi) is 7.94. The molecule has 22 heavy (non-hydrogen) atoms. The minimum atomic E-state index is -0.864. The van der Waals surface area contributed by atoms with E-state index in [1.165, 1.54) is 16.7 Å². The van der Waals surface area contributed by atoms with Crippen LogP contribution in [0, 0.1) is 5.92 Å². The van der Waals surface area contributed by atoms with Crippen LogP contribution >= 0.6 is 0 Å². The molecule has 1 aliphatic rings. The van der Waals surface area contributed by atoms with E-state index in [-0.39, 0.29) is 5.92 Å². The van der Waals surface area contributed by atoms with Gasteiger partial charge in [0.05, 0.1) is 0 Å². The summed E-state index contributed by atoms with van der Waals surface area (Å²) in [5.74, 6) is -0.826. The monoisotopic (exact) mass is 302 g/mol. The lowest BCUT2D eigenvalue weighted by molar-refractivity contribution is -0.133. The lowest BCUT2D eigenvalue weighted by atomic mass is 9.89. The fourth-order valence-electron chi connectivity index (χ4n) is 2.75. The molecule has 0 radical (unpaired) electrons. The molecule has 0 aromatic heterocycles. The third-order valence-electron chi connectivity index (χ3n) is 4.47. The molecule has 0 saturated heterocycles. The van der Waals surface area contributed by atoms with Gasteiger partial charge in [-0.2, -0.15) is 0 Å². The second kappa shape index (κ2) is 9.45. The summed E-state index contributed by atoms with van der Waals surface area (Å²) in [5.41, 5.74) is 4.51. The SMILES string of the molecule is C=C(C(=O)O)C1CC=C(C)CCC=C(C)CCC=C(C)CC1. The van der Waals surface area contributed by atoms with Gasteiger partial charge in [0.15, 0.2) is 0 Å². The lowest BCUT2D eigenvalue weighted by Gasteiger charge is -2.16. The average Bonchev–Trinajstić information content (AvgIpc) is 2.45. The Bertz CT molecular complexity index is 492. The summed E-state index contributed by atoms with van der Waals surface area (Å²) >= 11 is 0. The molecular formula is C20H30O2. The number of carbonyl (C=O) groups is 1. The molecule has 1 aliphatic carbocycles. The summed E-state index contributed by atoms with van der Waals surface area (Å²) in [5, 5.41) is 9.22. The second-order valence-corrected chi connectivity index (χ2v) is 6.53. The van der Waals surface area contributed by atoms with Crippen LogP contribution in [0.5, 0.6) is 0 Å². The fourth-order valence-corrected chi connectivity index (χ4v) is 2.75. The summed E-state index contributed by atoms with van der Waals surface area (Å²) < 4.78 is 0. The van der Waals surface area contributed by atoms with Gasteiger partial charge in [0, 0.05) is 5.57 Å². The topological polar surface area (TPSA) is 37.3 Å². The number of rotatable bonds is 2. The largest absolute Gasteiger partial charge is 0.478 e. The highest BCUT2D eigenvalue weighted by atomic mass is 16.4. The first-order chi connectivity index (χ1) is 10.4. The summed E-state index contributed by atoms with van der Waals surface area (Å²) in [6.45, 7) is 10.3. The van der Waals surface area contributed by atoms with Crippen LogP contribution in [-0.4, -0.2) is 11.1 Å². The van der Waals surface area contributed by atoms with Gasteiger partial charge in [-0.1, -0.05) is 41.5 Å². The van der Waals surface area contributed by atoms with E-state index in [0.29, 0.717) is 5.57 Å². The fraction of sp³-hybridized carbons (Fsp3) is 0.550. The smallest absolute Gasteiger partial charge is 0.331 e. The van der Waals surface area contributed by atoms with Crippen molar-refractivity contribution in [3.8, 4) is 0 Å². The lowest BCUT2D eigenvalue weighted by Crippen LogP contribution is -2.11. The third-order valence-corrected chi connectivity index (χ3v) is 4.47. The first-order valence-corrected chi connectivity index (χ1v) is 8.29. The molecule has 0 fully saturated rings. The second-order valence-electron chi connectivity index (χ2n) is 6.53. The Morgan fingerprint density at radius 2 is 1.50 bits per heavy atom. The van der Waals surface area contributed by atoms with Crippen LogP contribution in [0.3, 0.4) is 0 Å². The molecule has 1 N–H and O–H groups in total. The van der Waals surface area contributed by atoms with E-state index in [1.807, 2.05) is 0 Å². The van der Waals surface area contributed by atoms with E-state index >= 15 is 0 Å². The van der Waals surface area contributed by atoms with Gasteiger partial charge in [-0.25, -0.2) is 4.79 Å². The van der Waals surface area contributed by atoms with E-state index < -0.39 is 5.97 Å². The molecule has 0 heterocycles. The van der Waals surface area contributed by atoms with Gasteiger partial charge in [0.25, 0.3) is 0 Å². The maximum absolute atomic E-state index is 11.2. The molecule has 1 rings (SSSR count). The maximum Gasteiger partial charge on any atom is 0.331 e. The molecule has 2 nitrogen and oxygen atoms in total. The first kappa shape index (κ1) is 18.5. The Morgan fingerprint density at radius 1 is 1.00 bits per heavy atom. The quantitative estimate of drug-likeness (QED) is 0.515. The van der Waals surface area contributed by atoms with E-state index in [0.717, 1.165) is 44.9 Å². The molecule has 0 amide bonds. The van der Waals surface area contributed by atoms with Gasteiger partial charge in [-0.05, 0) is 71.6 Å². The molecule has 0 aromatic carbocycles. The van der Waals surface area contributed by atoms with E-state index in [2.05, 4.69) is 45.6 Å².